The largest absolute Gasteiger partial charge is 0.493 e. The van der Waals surface area contributed by atoms with Crippen molar-refractivity contribution in [1.82, 2.24) is 19.4 Å². The zero-order valence-corrected chi connectivity index (χ0v) is 24.2. The van der Waals surface area contributed by atoms with Crippen molar-refractivity contribution < 1.29 is 18.7 Å². The number of ketones is 1. The Kier molecular flexibility index (Phi) is 9.15. The van der Waals surface area contributed by atoms with Crippen molar-refractivity contribution in [3.8, 4) is 5.88 Å². The normalized spacial score (nSPS) is 11.8. The summed E-state index contributed by atoms with van der Waals surface area (Å²) < 4.78 is 28.0. The van der Waals surface area contributed by atoms with Gasteiger partial charge in [-0.15, -0.1) is 5.11 Å². The molecule has 0 radical (unpaired) electrons. The van der Waals surface area contributed by atoms with Crippen molar-refractivity contribution in [3.05, 3.63) is 124 Å². The Hall–Kier alpha value is -5.29. The van der Waals surface area contributed by atoms with Crippen molar-refractivity contribution in [1.29, 1.82) is 0 Å². The number of nitrogens with zero attached hydrogens (tertiary/aromatic N) is 5. The molecule has 3 aromatic carbocycles. The average Bonchev–Trinajstić information content (AvgIpc) is 3.31. The third-order valence-electron chi connectivity index (χ3n) is 6.86. The molecular weight excluding hydrogens is 566 g/mol. The Morgan fingerprint density at radius 2 is 1.80 bits per heavy atom. The minimum Gasteiger partial charge on any atom is -0.493 e. The molecule has 0 saturated heterocycles. The number of hydrogen-bond acceptors (Lipinski definition) is 7. The second-order valence-corrected chi connectivity index (χ2v) is 10.6. The van der Waals surface area contributed by atoms with Crippen LogP contribution in [-0.2, 0) is 13.1 Å². The molecule has 2 heterocycles. The standard InChI is InChI=1S/C33H30F2N6O3/c1-40(2)18-22-7-11-24(12-8-22)38-39-31-25-13-9-21(16-29(25)37-32(31)43)5-3-4-6-30(42)26-17-36-20-41(33(26)44)19-23-10-14-27(34)28(35)15-23/h3,5,7-17,20,37,43H,4,6,18-19H2,1-2H3/b5-3+,39-38?. The topological polar surface area (TPSA) is 116 Å². The molecule has 2 N–H and O–H groups in total. The van der Waals surface area contributed by atoms with Crippen LogP contribution in [0.1, 0.15) is 39.9 Å². The Morgan fingerprint density at radius 3 is 2.55 bits per heavy atom. The Labute approximate surface area is 251 Å². The highest BCUT2D eigenvalue weighted by Crippen LogP contribution is 2.37. The lowest BCUT2D eigenvalue weighted by Gasteiger charge is -2.08. The van der Waals surface area contributed by atoms with Crippen LogP contribution in [-0.4, -0.2) is 44.4 Å². The first kappa shape index (κ1) is 30.2. The first-order valence-corrected chi connectivity index (χ1v) is 13.9. The molecule has 5 rings (SSSR count). The molecule has 0 spiro atoms. The molecule has 0 aliphatic heterocycles. The molecule has 2 aromatic heterocycles. The number of aromatic amines is 1. The number of hydrogen-bond donors (Lipinski definition) is 2. The van der Waals surface area contributed by atoms with Crippen LogP contribution < -0.4 is 5.56 Å². The molecule has 0 aliphatic carbocycles. The van der Waals surface area contributed by atoms with E-state index in [0.717, 1.165) is 29.8 Å². The van der Waals surface area contributed by atoms with Gasteiger partial charge in [0.1, 0.15) is 5.56 Å². The predicted octanol–water partition coefficient (Wildman–Crippen LogP) is 6.91. The lowest BCUT2D eigenvalue weighted by atomic mass is 10.1. The summed E-state index contributed by atoms with van der Waals surface area (Å²) in [7, 11) is 4.01. The SMILES string of the molecule is CN(C)Cc1ccc(N=Nc2c(O)[nH]c3cc(/C=C/CCC(=O)c4cncn(Cc5ccc(F)c(F)c5)c4=O)ccc23)cc1. The minimum atomic E-state index is -1.02. The van der Waals surface area contributed by atoms with Crippen molar-refractivity contribution in [2.75, 3.05) is 14.1 Å². The molecule has 0 saturated carbocycles. The molecule has 0 atom stereocenters. The molecule has 11 heteroatoms. The summed E-state index contributed by atoms with van der Waals surface area (Å²) in [5, 5.41) is 19.7. The maximum absolute atomic E-state index is 13.5. The maximum Gasteiger partial charge on any atom is 0.264 e. The third kappa shape index (κ3) is 7.19. The summed E-state index contributed by atoms with van der Waals surface area (Å²) in [6, 6.07) is 16.6. The number of halogens is 2. The van der Waals surface area contributed by atoms with Gasteiger partial charge in [-0.2, -0.15) is 5.11 Å². The van der Waals surface area contributed by atoms with Gasteiger partial charge < -0.3 is 15.0 Å². The summed E-state index contributed by atoms with van der Waals surface area (Å²) in [6.07, 6.45) is 6.58. The number of Topliss-reactive ketones (excluding diaryl/α,β-unsaturated/α-hetero) is 1. The van der Waals surface area contributed by atoms with E-state index < -0.39 is 17.2 Å². The van der Waals surface area contributed by atoms with Gasteiger partial charge in [0.25, 0.3) is 5.56 Å². The van der Waals surface area contributed by atoms with Crippen molar-refractivity contribution in [2.24, 2.45) is 10.2 Å². The molecule has 9 nitrogen and oxygen atoms in total. The number of carbonyl (C=O) groups excluding carboxylic acids is 1. The Morgan fingerprint density at radius 1 is 1.02 bits per heavy atom. The number of aromatic nitrogens is 3. The Bertz CT molecular complexity index is 1930. The Balaban J connectivity index is 1.21. The second-order valence-electron chi connectivity index (χ2n) is 10.6. The quantitative estimate of drug-likeness (QED) is 0.127. The van der Waals surface area contributed by atoms with Crippen molar-refractivity contribution in [2.45, 2.75) is 25.9 Å². The van der Waals surface area contributed by atoms with Crippen LogP contribution in [0, 0.1) is 11.6 Å². The van der Waals surface area contributed by atoms with Crippen LogP contribution in [0.3, 0.4) is 0 Å². The highest BCUT2D eigenvalue weighted by Gasteiger charge is 2.14. The summed E-state index contributed by atoms with van der Waals surface area (Å²) in [4.78, 5) is 34.6. The molecule has 0 aliphatic rings. The summed E-state index contributed by atoms with van der Waals surface area (Å²) in [5.41, 5.74) is 3.42. The number of azo groups is 1. The van der Waals surface area contributed by atoms with Gasteiger partial charge in [-0.05, 0) is 73.6 Å². The fourth-order valence-electron chi connectivity index (χ4n) is 4.69. The molecule has 0 fully saturated rings. The zero-order chi connectivity index (χ0) is 31.2. The number of benzene rings is 3. The highest BCUT2D eigenvalue weighted by molar-refractivity contribution is 5.96. The molecule has 0 amide bonds. The smallest absolute Gasteiger partial charge is 0.264 e. The number of fused-ring (bicyclic) bond motifs is 1. The lowest BCUT2D eigenvalue weighted by Crippen LogP contribution is -2.27. The third-order valence-corrected chi connectivity index (χ3v) is 6.86. The number of nitrogens with one attached hydrogen (secondary N) is 1. The van der Waals surface area contributed by atoms with E-state index in [0.29, 0.717) is 34.3 Å². The monoisotopic (exact) mass is 596 g/mol. The van der Waals surface area contributed by atoms with Crippen LogP contribution in [0.15, 0.2) is 94.3 Å². The lowest BCUT2D eigenvalue weighted by molar-refractivity contribution is 0.0981. The molecule has 5 aromatic rings. The average molecular weight is 597 g/mol. The first-order valence-electron chi connectivity index (χ1n) is 13.9. The van der Waals surface area contributed by atoms with E-state index in [4.69, 9.17) is 0 Å². The fraction of sp³-hybridized carbons (Fsp3) is 0.182. The number of allylic oxidation sites excluding steroid dienone is 1. The van der Waals surface area contributed by atoms with Gasteiger partial charge in [-0.25, -0.2) is 13.8 Å². The van der Waals surface area contributed by atoms with E-state index in [-0.39, 0.29) is 30.2 Å². The van der Waals surface area contributed by atoms with Crippen LogP contribution in [0.4, 0.5) is 20.2 Å². The van der Waals surface area contributed by atoms with Gasteiger partial charge in [0, 0.05) is 24.5 Å². The molecule has 224 valence electrons. The summed E-state index contributed by atoms with van der Waals surface area (Å²) in [6.45, 7) is 0.775. The van der Waals surface area contributed by atoms with Gasteiger partial charge in [-0.1, -0.05) is 36.4 Å². The van der Waals surface area contributed by atoms with Gasteiger partial charge in [0.15, 0.2) is 23.1 Å². The van der Waals surface area contributed by atoms with Crippen LogP contribution >= 0.6 is 0 Å². The highest BCUT2D eigenvalue weighted by atomic mass is 19.2. The number of aromatic hydroxyl groups is 1. The van der Waals surface area contributed by atoms with Gasteiger partial charge in [-0.3, -0.25) is 14.2 Å². The van der Waals surface area contributed by atoms with Crippen LogP contribution in [0.2, 0.25) is 0 Å². The second kappa shape index (κ2) is 13.3. The van der Waals surface area contributed by atoms with E-state index in [9.17, 15) is 23.5 Å². The first-order chi connectivity index (χ1) is 21.2. The van der Waals surface area contributed by atoms with Crippen LogP contribution in [0.25, 0.3) is 17.0 Å². The van der Waals surface area contributed by atoms with Crippen LogP contribution in [0.5, 0.6) is 5.88 Å². The van der Waals surface area contributed by atoms with E-state index in [2.05, 4.69) is 25.1 Å². The van der Waals surface area contributed by atoms with E-state index in [1.54, 1.807) is 0 Å². The van der Waals surface area contributed by atoms with E-state index in [1.807, 2.05) is 68.7 Å². The number of H-pyrrole nitrogens is 1. The molecule has 0 bridgehead atoms. The number of rotatable bonds is 11. The fourth-order valence-corrected chi connectivity index (χ4v) is 4.69. The van der Waals surface area contributed by atoms with Gasteiger partial charge in [0.2, 0.25) is 5.88 Å². The molecular formula is C33H30F2N6O3. The van der Waals surface area contributed by atoms with Crippen molar-refractivity contribution >= 4 is 34.1 Å². The minimum absolute atomic E-state index is 0.0476. The molecule has 44 heavy (non-hydrogen) atoms. The van der Waals surface area contributed by atoms with Gasteiger partial charge in [0.05, 0.1) is 24.1 Å². The van der Waals surface area contributed by atoms with Gasteiger partial charge >= 0.3 is 0 Å². The zero-order valence-electron chi connectivity index (χ0n) is 24.2. The summed E-state index contributed by atoms with van der Waals surface area (Å²) >= 11 is 0. The van der Waals surface area contributed by atoms with E-state index in [1.165, 1.54) is 23.2 Å². The molecule has 0 unspecified atom stereocenters. The van der Waals surface area contributed by atoms with E-state index >= 15 is 0 Å². The summed E-state index contributed by atoms with van der Waals surface area (Å²) in [5.74, 6) is -2.46. The maximum atomic E-state index is 13.5. The van der Waals surface area contributed by atoms with Crippen molar-refractivity contribution in [3.63, 3.8) is 0 Å². The number of carbonyl (C=O) groups is 1. The predicted molar refractivity (Wildman–Crippen MR) is 165 cm³/mol.